The van der Waals surface area contributed by atoms with Crippen LogP contribution in [0.4, 0.5) is 0 Å². The van der Waals surface area contributed by atoms with Gasteiger partial charge in [-0.3, -0.25) is 0 Å². The van der Waals surface area contributed by atoms with Crippen molar-refractivity contribution in [1.82, 2.24) is 10.3 Å². The fraction of sp³-hybridized carbons (Fsp3) is 0.727. The fourth-order valence-electron chi connectivity index (χ4n) is 1.57. The average molecular weight is 276 g/mol. The van der Waals surface area contributed by atoms with Crippen LogP contribution in [0.15, 0.2) is 0 Å². The van der Waals surface area contributed by atoms with Gasteiger partial charge in [0.25, 0.3) is 0 Å². The number of nitrogens with one attached hydrogen (secondary N) is 1. The molecule has 0 saturated carbocycles. The molecule has 1 aromatic rings. The zero-order valence-corrected chi connectivity index (χ0v) is 12.4. The van der Waals surface area contributed by atoms with Gasteiger partial charge in [0.1, 0.15) is 10.8 Å². The van der Waals surface area contributed by atoms with Gasteiger partial charge in [-0.05, 0) is 19.4 Å². The lowest BCUT2D eigenvalue weighted by Gasteiger charge is -2.03. The van der Waals surface area contributed by atoms with Gasteiger partial charge in [0, 0.05) is 17.7 Å². The Balaban J connectivity index is 2.94. The molecule has 0 aliphatic carbocycles. The summed E-state index contributed by atoms with van der Waals surface area (Å²) in [5.41, 5.74) is 1.04. The summed E-state index contributed by atoms with van der Waals surface area (Å²) in [6, 6.07) is 0. The molecule has 0 spiro atoms. The van der Waals surface area contributed by atoms with Gasteiger partial charge in [-0.2, -0.15) is 0 Å². The van der Waals surface area contributed by atoms with Crippen LogP contribution in [-0.2, 0) is 28.6 Å². The number of thiazole rings is 1. The second-order valence-corrected chi connectivity index (χ2v) is 7.98. The van der Waals surface area contributed by atoms with E-state index >= 15 is 0 Å². The van der Waals surface area contributed by atoms with Crippen LogP contribution in [0.25, 0.3) is 0 Å². The van der Waals surface area contributed by atoms with Crippen molar-refractivity contribution in [3.63, 3.8) is 0 Å². The third-order valence-electron chi connectivity index (χ3n) is 2.15. The van der Waals surface area contributed by atoms with Crippen LogP contribution in [0, 0.1) is 5.92 Å². The van der Waals surface area contributed by atoms with E-state index in [1.54, 1.807) is 0 Å². The molecule has 0 amide bonds. The van der Waals surface area contributed by atoms with Gasteiger partial charge in [0.2, 0.25) is 0 Å². The highest BCUT2D eigenvalue weighted by Gasteiger charge is 2.15. The summed E-state index contributed by atoms with van der Waals surface area (Å²) in [7, 11) is -1.11. The Morgan fingerprint density at radius 2 is 2.06 bits per heavy atom. The molecule has 0 unspecified atom stereocenters. The van der Waals surface area contributed by atoms with Gasteiger partial charge < -0.3 is 5.32 Å². The second kappa shape index (κ2) is 5.93. The molecule has 1 N–H and O–H groups in total. The van der Waals surface area contributed by atoms with Crippen molar-refractivity contribution < 1.29 is 8.42 Å². The Kier molecular flexibility index (Phi) is 5.09. The number of sulfone groups is 1. The first kappa shape index (κ1) is 14.6. The molecular formula is C11H20N2O2S2. The highest BCUT2D eigenvalue weighted by Crippen LogP contribution is 2.22. The van der Waals surface area contributed by atoms with Gasteiger partial charge >= 0.3 is 0 Å². The van der Waals surface area contributed by atoms with Crippen molar-refractivity contribution >= 4 is 21.2 Å². The van der Waals surface area contributed by atoms with Crippen molar-refractivity contribution in [3.05, 3.63) is 15.6 Å². The number of aromatic nitrogens is 1. The Hall–Kier alpha value is -0.460. The van der Waals surface area contributed by atoms with E-state index in [4.69, 9.17) is 0 Å². The molecule has 1 heterocycles. The van der Waals surface area contributed by atoms with E-state index in [-0.39, 0.29) is 5.75 Å². The summed E-state index contributed by atoms with van der Waals surface area (Å²) in [5.74, 6) is 0.575. The van der Waals surface area contributed by atoms with E-state index in [9.17, 15) is 8.42 Å². The molecule has 0 saturated heterocycles. The highest BCUT2D eigenvalue weighted by molar-refractivity contribution is 7.90. The Morgan fingerprint density at radius 3 is 2.53 bits per heavy atom. The largest absolute Gasteiger partial charge is 0.315 e. The van der Waals surface area contributed by atoms with E-state index in [1.807, 2.05) is 7.05 Å². The summed E-state index contributed by atoms with van der Waals surface area (Å²) >= 11 is 1.50. The molecule has 0 aliphatic rings. The van der Waals surface area contributed by atoms with E-state index in [0.717, 1.165) is 23.5 Å². The van der Waals surface area contributed by atoms with Crippen LogP contribution in [0.3, 0.4) is 0 Å². The molecule has 0 radical (unpaired) electrons. The fourth-order valence-corrected chi connectivity index (χ4v) is 3.86. The van der Waals surface area contributed by atoms with Crippen LogP contribution in [0.5, 0.6) is 0 Å². The normalized spacial score (nSPS) is 12.3. The van der Waals surface area contributed by atoms with Gasteiger partial charge in [-0.15, -0.1) is 11.3 Å². The summed E-state index contributed by atoms with van der Waals surface area (Å²) in [5, 5.41) is 3.80. The zero-order chi connectivity index (χ0) is 13.1. The molecular weight excluding hydrogens is 256 g/mol. The lowest BCUT2D eigenvalue weighted by Crippen LogP contribution is -2.07. The maximum Gasteiger partial charge on any atom is 0.153 e. The van der Waals surface area contributed by atoms with E-state index < -0.39 is 9.84 Å². The van der Waals surface area contributed by atoms with Crippen molar-refractivity contribution in [2.75, 3.05) is 13.3 Å². The molecule has 0 fully saturated rings. The number of hydrogen-bond donors (Lipinski definition) is 1. The highest BCUT2D eigenvalue weighted by atomic mass is 32.2. The minimum Gasteiger partial charge on any atom is -0.315 e. The molecule has 17 heavy (non-hydrogen) atoms. The predicted molar refractivity (Wildman–Crippen MR) is 72.0 cm³/mol. The van der Waals surface area contributed by atoms with E-state index in [1.165, 1.54) is 17.6 Å². The Labute approximate surface area is 107 Å². The molecule has 4 nitrogen and oxygen atoms in total. The smallest absolute Gasteiger partial charge is 0.153 e. The zero-order valence-electron chi connectivity index (χ0n) is 10.8. The van der Waals surface area contributed by atoms with E-state index in [0.29, 0.717) is 10.9 Å². The molecule has 1 aromatic heterocycles. The van der Waals surface area contributed by atoms with Crippen LogP contribution in [-0.4, -0.2) is 26.7 Å². The first-order valence-electron chi connectivity index (χ1n) is 5.61. The molecule has 1 rings (SSSR count). The van der Waals surface area contributed by atoms with Crippen LogP contribution < -0.4 is 5.32 Å². The maximum atomic E-state index is 11.3. The second-order valence-electron chi connectivity index (χ2n) is 4.68. The quantitative estimate of drug-likeness (QED) is 0.857. The van der Waals surface area contributed by atoms with Crippen molar-refractivity contribution in [2.45, 2.75) is 32.6 Å². The minimum atomic E-state index is -3.00. The van der Waals surface area contributed by atoms with Gasteiger partial charge in [-0.25, -0.2) is 13.4 Å². The van der Waals surface area contributed by atoms with Crippen molar-refractivity contribution in [1.29, 1.82) is 0 Å². The summed E-state index contributed by atoms with van der Waals surface area (Å²) in [6.45, 7) is 5.03. The Morgan fingerprint density at radius 1 is 1.41 bits per heavy atom. The maximum absolute atomic E-state index is 11.3. The standard InChI is InChI=1S/C11H20N2O2S2/c1-8(2)5-9-10(6-12-3)16-11(13-9)7-17(4,14)15/h8,12H,5-7H2,1-4H3. The minimum absolute atomic E-state index is 0.0481. The summed E-state index contributed by atoms with van der Waals surface area (Å²) in [4.78, 5) is 5.61. The van der Waals surface area contributed by atoms with E-state index in [2.05, 4.69) is 24.1 Å². The average Bonchev–Trinajstić information content (AvgIpc) is 2.44. The lowest BCUT2D eigenvalue weighted by atomic mass is 10.1. The van der Waals surface area contributed by atoms with Crippen LogP contribution >= 0.6 is 11.3 Å². The van der Waals surface area contributed by atoms with Crippen LogP contribution in [0.1, 0.15) is 29.4 Å². The Bertz CT molecular complexity index is 464. The molecule has 6 heteroatoms. The lowest BCUT2D eigenvalue weighted by molar-refractivity contribution is 0.600. The molecule has 0 bridgehead atoms. The topological polar surface area (TPSA) is 59.1 Å². The van der Waals surface area contributed by atoms with Gasteiger partial charge in [-0.1, -0.05) is 13.8 Å². The number of rotatable bonds is 6. The van der Waals surface area contributed by atoms with Gasteiger partial charge in [0.05, 0.1) is 5.69 Å². The predicted octanol–water partition coefficient (Wildman–Crippen LogP) is 1.61. The van der Waals surface area contributed by atoms with Gasteiger partial charge in [0.15, 0.2) is 9.84 Å². The van der Waals surface area contributed by atoms with Crippen LogP contribution in [0.2, 0.25) is 0 Å². The molecule has 98 valence electrons. The third-order valence-corrected chi connectivity index (χ3v) is 4.23. The monoisotopic (exact) mass is 276 g/mol. The third kappa shape index (κ3) is 5.14. The molecule has 0 atom stereocenters. The molecule has 0 aromatic carbocycles. The summed E-state index contributed by atoms with van der Waals surface area (Å²) < 4.78 is 22.5. The first-order valence-corrected chi connectivity index (χ1v) is 8.49. The SMILES string of the molecule is CNCc1sc(CS(C)(=O)=O)nc1CC(C)C. The van der Waals surface area contributed by atoms with Crippen molar-refractivity contribution in [2.24, 2.45) is 5.92 Å². The number of hydrogen-bond acceptors (Lipinski definition) is 5. The first-order chi connectivity index (χ1) is 7.81. The number of nitrogens with zero attached hydrogens (tertiary/aromatic N) is 1. The van der Waals surface area contributed by atoms with Crippen molar-refractivity contribution in [3.8, 4) is 0 Å². The molecule has 0 aliphatic heterocycles. The summed E-state index contributed by atoms with van der Waals surface area (Å²) in [6.07, 6.45) is 2.14.